The lowest BCUT2D eigenvalue weighted by atomic mass is 9.89. The molecule has 0 aliphatic carbocycles. The molecule has 1 aromatic heterocycles. The molecule has 8 heteroatoms. The summed E-state index contributed by atoms with van der Waals surface area (Å²) in [6, 6.07) is 7.67. The monoisotopic (exact) mass is 440 g/mol. The second-order valence-electron chi connectivity index (χ2n) is 8.52. The summed E-state index contributed by atoms with van der Waals surface area (Å²) in [5.74, 6) is -0.332. The van der Waals surface area contributed by atoms with E-state index in [4.69, 9.17) is 0 Å². The average molecular weight is 441 g/mol. The topological polar surface area (TPSA) is 86.9 Å². The highest BCUT2D eigenvalue weighted by atomic mass is 19.1. The number of Topliss-reactive ketones (excluding diaryl/α,β-unsaturated/α-hetero) is 1. The molecular formula is C24H29FN4O3. The Morgan fingerprint density at radius 1 is 1.12 bits per heavy atom. The lowest BCUT2D eigenvalue weighted by Gasteiger charge is -2.31. The SMILES string of the molecule is O=C1NCC/C(=N\O)c2ccn(CCCCN3CCC(C(=O)c4ccc(F)cc4)CC3)c21. The predicted octanol–water partition coefficient (Wildman–Crippen LogP) is 3.31. The number of fused-ring (bicyclic) bond motifs is 1. The molecule has 1 saturated heterocycles. The number of ketones is 1. The maximum absolute atomic E-state index is 13.1. The zero-order valence-electron chi connectivity index (χ0n) is 18.1. The van der Waals surface area contributed by atoms with Crippen molar-refractivity contribution in [2.45, 2.75) is 38.6 Å². The Morgan fingerprint density at radius 3 is 2.56 bits per heavy atom. The van der Waals surface area contributed by atoms with Gasteiger partial charge in [-0.05, 0) is 75.6 Å². The van der Waals surface area contributed by atoms with Gasteiger partial charge in [-0.15, -0.1) is 0 Å². The van der Waals surface area contributed by atoms with Gasteiger partial charge in [0.2, 0.25) is 0 Å². The second-order valence-corrected chi connectivity index (χ2v) is 8.52. The van der Waals surface area contributed by atoms with E-state index in [2.05, 4.69) is 15.4 Å². The molecule has 4 rings (SSSR count). The number of unbranched alkanes of at least 4 members (excludes halogenated alkanes) is 1. The van der Waals surface area contributed by atoms with E-state index in [0.717, 1.165) is 51.9 Å². The largest absolute Gasteiger partial charge is 0.411 e. The fraction of sp³-hybridized carbons (Fsp3) is 0.458. The first-order valence-electron chi connectivity index (χ1n) is 11.3. The van der Waals surface area contributed by atoms with Crippen molar-refractivity contribution < 1.29 is 19.2 Å². The molecule has 1 fully saturated rings. The number of rotatable bonds is 7. The molecule has 1 amide bonds. The molecule has 0 atom stereocenters. The Morgan fingerprint density at radius 2 is 1.84 bits per heavy atom. The van der Waals surface area contributed by atoms with Crippen molar-refractivity contribution in [3.8, 4) is 0 Å². The highest BCUT2D eigenvalue weighted by Crippen LogP contribution is 2.23. The van der Waals surface area contributed by atoms with Crippen molar-refractivity contribution in [2.24, 2.45) is 11.1 Å². The number of hydrogen-bond donors (Lipinski definition) is 2. The molecule has 2 N–H and O–H groups in total. The van der Waals surface area contributed by atoms with Gasteiger partial charge in [0.05, 0.1) is 5.71 Å². The maximum atomic E-state index is 13.1. The van der Waals surface area contributed by atoms with E-state index in [0.29, 0.717) is 35.5 Å². The highest BCUT2D eigenvalue weighted by molar-refractivity contribution is 6.11. The van der Waals surface area contributed by atoms with Crippen molar-refractivity contribution in [3.05, 3.63) is 59.2 Å². The van der Waals surface area contributed by atoms with Crippen LogP contribution in [-0.2, 0) is 6.54 Å². The number of aromatic nitrogens is 1. The van der Waals surface area contributed by atoms with Crippen molar-refractivity contribution in [3.63, 3.8) is 0 Å². The molecule has 0 spiro atoms. The number of carbonyl (C=O) groups is 2. The highest BCUT2D eigenvalue weighted by Gasteiger charge is 2.26. The van der Waals surface area contributed by atoms with Gasteiger partial charge < -0.3 is 20.0 Å². The minimum atomic E-state index is -0.324. The fourth-order valence-corrected chi connectivity index (χ4v) is 4.65. The van der Waals surface area contributed by atoms with Gasteiger partial charge in [-0.25, -0.2) is 4.39 Å². The van der Waals surface area contributed by atoms with Crippen molar-refractivity contribution in [1.82, 2.24) is 14.8 Å². The first-order valence-corrected chi connectivity index (χ1v) is 11.3. The summed E-state index contributed by atoms with van der Waals surface area (Å²) in [5, 5.41) is 15.5. The van der Waals surface area contributed by atoms with Crippen LogP contribution in [0.25, 0.3) is 0 Å². The standard InChI is InChI=1S/C24H29FN4O3/c25-19-5-3-17(4-6-19)23(30)18-8-14-28(15-9-18)12-1-2-13-29-16-10-20-21(27-32)7-11-26-24(31)22(20)29/h3-6,10,16,18,32H,1-2,7-9,11-15H2,(H,26,31)/b27-21+. The van der Waals surface area contributed by atoms with Crippen molar-refractivity contribution in [1.29, 1.82) is 0 Å². The van der Waals surface area contributed by atoms with Gasteiger partial charge in [0, 0.05) is 42.8 Å². The molecule has 2 aromatic rings. The van der Waals surface area contributed by atoms with Gasteiger partial charge in [0.25, 0.3) is 5.91 Å². The van der Waals surface area contributed by atoms with Gasteiger partial charge in [0.1, 0.15) is 11.5 Å². The van der Waals surface area contributed by atoms with Crippen LogP contribution in [0.3, 0.4) is 0 Å². The number of nitrogens with zero attached hydrogens (tertiary/aromatic N) is 3. The number of hydrogen-bond acceptors (Lipinski definition) is 5. The Hall–Kier alpha value is -3.00. The van der Waals surface area contributed by atoms with E-state index < -0.39 is 0 Å². The molecule has 0 bridgehead atoms. The number of nitrogens with one attached hydrogen (secondary N) is 1. The summed E-state index contributed by atoms with van der Waals surface area (Å²) in [4.78, 5) is 27.4. The van der Waals surface area contributed by atoms with E-state index in [1.165, 1.54) is 12.1 Å². The number of halogens is 1. The summed E-state index contributed by atoms with van der Waals surface area (Å²) in [6.07, 6.45) is 5.96. The van der Waals surface area contributed by atoms with E-state index >= 15 is 0 Å². The van der Waals surface area contributed by atoms with Crippen LogP contribution >= 0.6 is 0 Å². The molecule has 7 nitrogen and oxygen atoms in total. The maximum Gasteiger partial charge on any atom is 0.268 e. The van der Waals surface area contributed by atoms with E-state index in [1.807, 2.05) is 16.8 Å². The summed E-state index contributed by atoms with van der Waals surface area (Å²) >= 11 is 0. The van der Waals surface area contributed by atoms with E-state index in [9.17, 15) is 19.2 Å². The van der Waals surface area contributed by atoms with Crippen LogP contribution in [0.15, 0.2) is 41.7 Å². The first-order chi connectivity index (χ1) is 15.6. The normalized spacial score (nSPS) is 18.9. The molecular weight excluding hydrogens is 411 g/mol. The summed E-state index contributed by atoms with van der Waals surface area (Å²) in [5.41, 5.74) is 2.40. The van der Waals surface area contributed by atoms with Crippen LogP contribution in [0.1, 0.15) is 58.5 Å². The smallest absolute Gasteiger partial charge is 0.268 e. The molecule has 2 aliphatic heterocycles. The molecule has 2 aliphatic rings. The van der Waals surface area contributed by atoms with E-state index in [-0.39, 0.29) is 23.4 Å². The van der Waals surface area contributed by atoms with Gasteiger partial charge in [0.15, 0.2) is 5.78 Å². The van der Waals surface area contributed by atoms with Gasteiger partial charge >= 0.3 is 0 Å². The molecule has 0 radical (unpaired) electrons. The molecule has 3 heterocycles. The van der Waals surface area contributed by atoms with Crippen molar-refractivity contribution in [2.75, 3.05) is 26.2 Å². The van der Waals surface area contributed by atoms with Crippen molar-refractivity contribution >= 4 is 17.4 Å². The number of carbonyl (C=O) groups excluding carboxylic acids is 2. The Bertz CT molecular complexity index is 991. The van der Waals surface area contributed by atoms with E-state index in [1.54, 1.807) is 12.1 Å². The zero-order valence-corrected chi connectivity index (χ0v) is 18.1. The summed E-state index contributed by atoms with van der Waals surface area (Å²) in [7, 11) is 0. The second kappa shape index (κ2) is 10.1. The Kier molecular flexibility index (Phi) is 6.99. The quantitative estimate of drug-likeness (QED) is 0.299. The molecule has 32 heavy (non-hydrogen) atoms. The lowest BCUT2D eigenvalue weighted by molar-refractivity contribution is 0.0837. The van der Waals surface area contributed by atoms with Gasteiger partial charge in [-0.3, -0.25) is 9.59 Å². The predicted molar refractivity (Wildman–Crippen MR) is 119 cm³/mol. The van der Waals surface area contributed by atoms with Crippen LogP contribution in [0, 0.1) is 11.7 Å². The summed E-state index contributed by atoms with van der Waals surface area (Å²) in [6.45, 7) is 3.91. The van der Waals surface area contributed by atoms with Crippen LogP contribution in [0.4, 0.5) is 4.39 Å². The van der Waals surface area contributed by atoms with Crippen LogP contribution in [-0.4, -0.2) is 58.3 Å². The minimum Gasteiger partial charge on any atom is -0.411 e. The third-order valence-corrected chi connectivity index (χ3v) is 6.47. The van der Waals surface area contributed by atoms with Crippen LogP contribution < -0.4 is 5.32 Å². The fourth-order valence-electron chi connectivity index (χ4n) is 4.65. The number of likely N-dealkylation sites (tertiary alicyclic amines) is 1. The van der Waals surface area contributed by atoms with Crippen LogP contribution in [0.5, 0.6) is 0 Å². The number of aryl methyl sites for hydroxylation is 1. The lowest BCUT2D eigenvalue weighted by Crippen LogP contribution is -2.37. The third-order valence-electron chi connectivity index (χ3n) is 6.47. The first kappa shape index (κ1) is 22.2. The number of benzene rings is 1. The number of piperidine rings is 1. The summed E-state index contributed by atoms with van der Waals surface area (Å²) < 4.78 is 15.0. The Labute approximate surface area is 186 Å². The number of oxime groups is 1. The Balaban J connectivity index is 1.23. The zero-order chi connectivity index (χ0) is 22.5. The average Bonchev–Trinajstić information content (AvgIpc) is 3.16. The number of amides is 1. The minimum absolute atomic E-state index is 0.00735. The molecule has 0 unspecified atom stereocenters. The molecule has 1 aromatic carbocycles. The van der Waals surface area contributed by atoms with Gasteiger partial charge in [-0.2, -0.15) is 0 Å². The molecule has 170 valence electrons. The van der Waals surface area contributed by atoms with Crippen LogP contribution in [0.2, 0.25) is 0 Å². The molecule has 0 saturated carbocycles. The third kappa shape index (κ3) is 4.91. The van der Waals surface area contributed by atoms with Gasteiger partial charge in [-0.1, -0.05) is 5.16 Å².